The summed E-state index contributed by atoms with van der Waals surface area (Å²) < 4.78 is 19.2. The van der Waals surface area contributed by atoms with Gasteiger partial charge in [-0.15, -0.1) is 0 Å². The Kier molecular flexibility index (Phi) is 3.97. The van der Waals surface area contributed by atoms with Crippen LogP contribution in [-0.2, 0) is 0 Å². The van der Waals surface area contributed by atoms with Crippen LogP contribution in [-0.4, -0.2) is 21.9 Å². The molecule has 0 spiro atoms. The molecule has 0 saturated heterocycles. The number of ether oxygens (including phenoxy) is 1. The van der Waals surface area contributed by atoms with Gasteiger partial charge in [-0.1, -0.05) is 6.07 Å². The fourth-order valence-corrected chi connectivity index (χ4v) is 1.78. The van der Waals surface area contributed by atoms with Gasteiger partial charge in [0.15, 0.2) is 5.82 Å². The highest BCUT2D eigenvalue weighted by Gasteiger charge is 2.22. The van der Waals surface area contributed by atoms with Gasteiger partial charge in [-0.25, -0.2) is 9.37 Å². The first-order chi connectivity index (χ1) is 9.93. The second kappa shape index (κ2) is 5.70. The van der Waals surface area contributed by atoms with Crippen LogP contribution in [0, 0.1) is 29.8 Å². The van der Waals surface area contributed by atoms with Crippen molar-refractivity contribution in [2.75, 3.05) is 12.4 Å². The number of para-hydroxylation sites is 1. The molecule has 0 fully saturated rings. The maximum atomic E-state index is 13.8. The lowest BCUT2D eigenvalue weighted by atomic mass is 10.2. The maximum Gasteiger partial charge on any atom is 0.314 e. The van der Waals surface area contributed by atoms with Gasteiger partial charge < -0.3 is 10.1 Å². The SMILES string of the molecule is CNc1nc(C)nc(Oc2c(F)cccc2[N+](=O)[O-])c1C. The lowest BCUT2D eigenvalue weighted by Crippen LogP contribution is -2.04. The van der Waals surface area contributed by atoms with Gasteiger partial charge in [-0.05, 0) is 19.9 Å². The van der Waals surface area contributed by atoms with Gasteiger partial charge in [0.1, 0.15) is 11.6 Å². The van der Waals surface area contributed by atoms with Gasteiger partial charge in [0.25, 0.3) is 0 Å². The van der Waals surface area contributed by atoms with Crippen molar-refractivity contribution >= 4 is 11.5 Å². The third-order valence-corrected chi connectivity index (χ3v) is 2.79. The smallest absolute Gasteiger partial charge is 0.314 e. The number of halogens is 1. The van der Waals surface area contributed by atoms with E-state index >= 15 is 0 Å². The maximum absolute atomic E-state index is 13.8. The molecule has 2 aromatic rings. The zero-order valence-electron chi connectivity index (χ0n) is 11.7. The fourth-order valence-electron chi connectivity index (χ4n) is 1.78. The van der Waals surface area contributed by atoms with Crippen LogP contribution in [0.1, 0.15) is 11.4 Å². The van der Waals surface area contributed by atoms with Crippen molar-refractivity contribution in [1.29, 1.82) is 0 Å². The summed E-state index contributed by atoms with van der Waals surface area (Å²) in [5.41, 5.74) is 0.0670. The number of benzene rings is 1. The highest BCUT2D eigenvalue weighted by Crippen LogP contribution is 2.35. The van der Waals surface area contributed by atoms with Crippen LogP contribution < -0.4 is 10.1 Å². The van der Waals surface area contributed by atoms with E-state index < -0.39 is 22.2 Å². The summed E-state index contributed by atoms with van der Waals surface area (Å²) >= 11 is 0. The van der Waals surface area contributed by atoms with Crippen LogP contribution in [0.25, 0.3) is 0 Å². The molecule has 110 valence electrons. The number of nitrogens with one attached hydrogen (secondary N) is 1. The fraction of sp³-hybridized carbons (Fsp3) is 0.231. The molecule has 7 nitrogen and oxygen atoms in total. The number of hydrogen-bond donors (Lipinski definition) is 1. The Bertz CT molecular complexity index is 706. The van der Waals surface area contributed by atoms with Gasteiger partial charge in [-0.3, -0.25) is 10.1 Å². The number of rotatable bonds is 4. The summed E-state index contributed by atoms with van der Waals surface area (Å²) in [6.45, 7) is 3.32. The minimum absolute atomic E-state index is 0.0695. The second-order valence-corrected chi connectivity index (χ2v) is 4.25. The van der Waals surface area contributed by atoms with E-state index in [0.29, 0.717) is 17.2 Å². The second-order valence-electron chi connectivity index (χ2n) is 4.25. The predicted molar refractivity (Wildman–Crippen MR) is 74.2 cm³/mol. The Hall–Kier alpha value is -2.77. The van der Waals surface area contributed by atoms with Crippen molar-refractivity contribution in [3.8, 4) is 11.6 Å². The molecule has 0 unspecified atom stereocenters. The number of nitrogens with zero attached hydrogens (tertiary/aromatic N) is 3. The van der Waals surface area contributed by atoms with Gasteiger partial charge in [-0.2, -0.15) is 4.98 Å². The van der Waals surface area contributed by atoms with E-state index in [1.54, 1.807) is 20.9 Å². The monoisotopic (exact) mass is 292 g/mol. The molecular formula is C13H13FN4O3. The van der Waals surface area contributed by atoms with Crippen molar-refractivity contribution in [1.82, 2.24) is 9.97 Å². The van der Waals surface area contributed by atoms with E-state index in [2.05, 4.69) is 15.3 Å². The molecule has 0 aliphatic heterocycles. The minimum atomic E-state index is -0.828. The molecular weight excluding hydrogens is 279 g/mol. The molecule has 0 bridgehead atoms. The number of aryl methyl sites for hydroxylation is 1. The summed E-state index contributed by atoms with van der Waals surface area (Å²) in [6, 6.07) is 3.50. The first-order valence-corrected chi connectivity index (χ1v) is 6.07. The molecule has 0 amide bonds. The third-order valence-electron chi connectivity index (χ3n) is 2.79. The molecule has 1 heterocycles. The summed E-state index contributed by atoms with van der Waals surface area (Å²) in [5.74, 6) is -0.313. The Labute approximate surface area is 120 Å². The van der Waals surface area contributed by atoms with E-state index in [9.17, 15) is 14.5 Å². The van der Waals surface area contributed by atoms with Crippen molar-refractivity contribution in [3.05, 3.63) is 45.5 Å². The van der Waals surface area contributed by atoms with Gasteiger partial charge >= 0.3 is 5.69 Å². The zero-order valence-corrected chi connectivity index (χ0v) is 11.7. The van der Waals surface area contributed by atoms with Crippen molar-refractivity contribution in [2.24, 2.45) is 0 Å². The van der Waals surface area contributed by atoms with Crippen LogP contribution >= 0.6 is 0 Å². The number of nitro groups is 1. The normalized spacial score (nSPS) is 10.3. The zero-order chi connectivity index (χ0) is 15.6. The third kappa shape index (κ3) is 2.88. The first kappa shape index (κ1) is 14.6. The van der Waals surface area contributed by atoms with Crippen LogP contribution in [0.5, 0.6) is 11.6 Å². The van der Waals surface area contributed by atoms with E-state index in [0.717, 1.165) is 6.07 Å². The van der Waals surface area contributed by atoms with Crippen LogP contribution in [0.15, 0.2) is 18.2 Å². The molecule has 1 N–H and O–H groups in total. The number of anilines is 1. The summed E-state index contributed by atoms with van der Waals surface area (Å²) in [4.78, 5) is 18.4. The summed E-state index contributed by atoms with van der Waals surface area (Å²) in [5, 5.41) is 13.8. The Balaban J connectivity index is 2.53. The average Bonchev–Trinajstić information content (AvgIpc) is 2.44. The Morgan fingerprint density at radius 2 is 2.05 bits per heavy atom. The van der Waals surface area contributed by atoms with Crippen molar-refractivity contribution in [3.63, 3.8) is 0 Å². The molecule has 1 aromatic heterocycles. The molecule has 0 saturated carbocycles. The van der Waals surface area contributed by atoms with Crippen molar-refractivity contribution in [2.45, 2.75) is 13.8 Å². The van der Waals surface area contributed by atoms with Gasteiger partial charge in [0, 0.05) is 13.1 Å². The predicted octanol–water partition coefficient (Wildman–Crippen LogP) is 2.97. The molecule has 21 heavy (non-hydrogen) atoms. The lowest BCUT2D eigenvalue weighted by molar-refractivity contribution is -0.385. The minimum Gasteiger partial charge on any atom is -0.428 e. The largest absolute Gasteiger partial charge is 0.428 e. The lowest BCUT2D eigenvalue weighted by Gasteiger charge is -2.12. The van der Waals surface area contributed by atoms with E-state index in [1.165, 1.54) is 12.1 Å². The highest BCUT2D eigenvalue weighted by molar-refractivity contribution is 5.53. The van der Waals surface area contributed by atoms with Crippen LogP contribution in [0.4, 0.5) is 15.9 Å². The number of nitro benzene ring substituents is 1. The van der Waals surface area contributed by atoms with Crippen LogP contribution in [0.2, 0.25) is 0 Å². The van der Waals surface area contributed by atoms with Crippen LogP contribution in [0.3, 0.4) is 0 Å². The first-order valence-electron chi connectivity index (χ1n) is 6.07. The van der Waals surface area contributed by atoms with E-state index in [1.807, 2.05) is 0 Å². The van der Waals surface area contributed by atoms with Crippen molar-refractivity contribution < 1.29 is 14.1 Å². The number of hydrogen-bond acceptors (Lipinski definition) is 6. The number of aromatic nitrogens is 2. The van der Waals surface area contributed by atoms with Gasteiger partial charge in [0.2, 0.25) is 11.6 Å². The van der Waals surface area contributed by atoms with E-state index in [-0.39, 0.29) is 5.88 Å². The van der Waals surface area contributed by atoms with E-state index in [4.69, 9.17) is 4.74 Å². The summed E-state index contributed by atoms with van der Waals surface area (Å²) in [6.07, 6.45) is 0. The molecule has 0 aliphatic rings. The summed E-state index contributed by atoms with van der Waals surface area (Å²) in [7, 11) is 1.67. The topological polar surface area (TPSA) is 90.2 Å². The Morgan fingerprint density at radius 3 is 2.67 bits per heavy atom. The molecule has 0 atom stereocenters. The van der Waals surface area contributed by atoms with Gasteiger partial charge in [0.05, 0.1) is 10.5 Å². The Morgan fingerprint density at radius 1 is 1.33 bits per heavy atom. The average molecular weight is 292 g/mol. The molecule has 8 heteroatoms. The molecule has 0 radical (unpaired) electrons. The molecule has 1 aromatic carbocycles. The highest BCUT2D eigenvalue weighted by atomic mass is 19.1. The molecule has 0 aliphatic carbocycles. The molecule has 2 rings (SSSR count). The quantitative estimate of drug-likeness (QED) is 0.688. The standard InChI is InChI=1S/C13H13FN4O3/c1-7-12(15-3)16-8(2)17-13(7)21-11-9(14)5-4-6-10(11)18(19)20/h4-6H,1-3H3,(H,15,16,17).